The van der Waals surface area contributed by atoms with Crippen LogP contribution in [0.25, 0.3) is 0 Å². The zero-order chi connectivity index (χ0) is 15.7. The van der Waals surface area contributed by atoms with Gasteiger partial charge in [-0.3, -0.25) is 9.59 Å². The first-order valence-corrected chi connectivity index (χ1v) is 7.82. The molecule has 0 bridgehead atoms. The molecule has 3 heterocycles. The van der Waals surface area contributed by atoms with Crippen LogP contribution in [0.2, 0.25) is 0 Å². The number of aromatic amines is 1. The second-order valence-corrected chi connectivity index (χ2v) is 6.09. The van der Waals surface area contributed by atoms with Crippen molar-refractivity contribution in [1.82, 2.24) is 19.8 Å². The summed E-state index contributed by atoms with van der Waals surface area (Å²) in [6.45, 7) is 3.34. The molecule has 120 valence electrons. The molecule has 1 atom stereocenters. The van der Waals surface area contributed by atoms with Crippen LogP contribution < -0.4 is 0 Å². The van der Waals surface area contributed by atoms with E-state index in [0.29, 0.717) is 44.0 Å². The molecule has 7 nitrogen and oxygen atoms in total. The highest BCUT2D eigenvalue weighted by Crippen LogP contribution is 2.38. The van der Waals surface area contributed by atoms with E-state index in [9.17, 15) is 9.59 Å². The predicted molar refractivity (Wildman–Crippen MR) is 79.2 cm³/mol. The zero-order valence-corrected chi connectivity index (χ0v) is 12.8. The van der Waals surface area contributed by atoms with E-state index in [-0.39, 0.29) is 18.4 Å². The van der Waals surface area contributed by atoms with Crippen LogP contribution in [0.4, 0.5) is 0 Å². The van der Waals surface area contributed by atoms with E-state index in [1.807, 2.05) is 0 Å². The van der Waals surface area contributed by atoms with Gasteiger partial charge in [-0.05, 0) is 32.6 Å². The van der Waals surface area contributed by atoms with Crippen LogP contribution >= 0.6 is 0 Å². The summed E-state index contributed by atoms with van der Waals surface area (Å²) in [6, 6.07) is 0. The lowest BCUT2D eigenvalue weighted by atomic mass is 9.85. The number of piperidine rings is 1. The van der Waals surface area contributed by atoms with Gasteiger partial charge in [0.1, 0.15) is 17.1 Å². The Morgan fingerprint density at radius 1 is 1.41 bits per heavy atom. The monoisotopic (exact) mass is 306 g/mol. The van der Waals surface area contributed by atoms with Gasteiger partial charge in [0.15, 0.2) is 0 Å². The highest BCUT2D eigenvalue weighted by atomic mass is 16.3. The quantitative estimate of drug-likeness (QED) is 0.841. The fourth-order valence-corrected chi connectivity index (χ4v) is 3.73. The highest BCUT2D eigenvalue weighted by molar-refractivity contribution is 5.98. The van der Waals surface area contributed by atoms with Gasteiger partial charge in [0.25, 0.3) is 5.91 Å². The lowest BCUT2D eigenvalue weighted by Crippen LogP contribution is -2.61. The number of likely N-dealkylation sites (tertiary alicyclic amines) is 2. The number of H-pyrrole nitrogens is 1. The maximum atomic E-state index is 12.9. The summed E-state index contributed by atoms with van der Waals surface area (Å²) >= 11 is 0. The van der Waals surface area contributed by atoms with Crippen LogP contribution in [0.3, 0.4) is 0 Å². The molecule has 1 aromatic rings. The Kier molecular flexibility index (Phi) is 3.90. The molecule has 0 aliphatic carbocycles. The summed E-state index contributed by atoms with van der Waals surface area (Å²) in [5, 5.41) is 9.14. The minimum atomic E-state index is -0.733. The van der Waals surface area contributed by atoms with Crippen molar-refractivity contribution in [2.75, 3.05) is 26.2 Å². The topological polar surface area (TPSA) is 89.5 Å². The smallest absolute Gasteiger partial charge is 0.272 e. The van der Waals surface area contributed by atoms with Gasteiger partial charge < -0.3 is 19.9 Å². The number of rotatable bonds is 3. The summed E-state index contributed by atoms with van der Waals surface area (Å²) in [5.41, 5.74) is -0.297. The van der Waals surface area contributed by atoms with Gasteiger partial charge in [-0.1, -0.05) is 0 Å². The second-order valence-electron chi connectivity index (χ2n) is 6.09. The molecular weight excluding hydrogens is 284 g/mol. The van der Waals surface area contributed by atoms with E-state index in [1.54, 1.807) is 16.7 Å². The van der Waals surface area contributed by atoms with Gasteiger partial charge >= 0.3 is 0 Å². The summed E-state index contributed by atoms with van der Waals surface area (Å²) in [6.07, 6.45) is 4.62. The van der Waals surface area contributed by atoms with Gasteiger partial charge in [0.2, 0.25) is 5.91 Å². The number of hydrogen-bond acceptors (Lipinski definition) is 4. The molecule has 3 rings (SSSR count). The third-order valence-corrected chi connectivity index (χ3v) is 4.74. The number of amides is 2. The number of imidazole rings is 1. The van der Waals surface area contributed by atoms with E-state index >= 15 is 0 Å². The predicted octanol–water partition coefficient (Wildman–Crippen LogP) is 0.308. The largest absolute Gasteiger partial charge is 0.395 e. The van der Waals surface area contributed by atoms with Crippen molar-refractivity contribution in [3.8, 4) is 0 Å². The van der Waals surface area contributed by atoms with E-state index in [4.69, 9.17) is 5.11 Å². The third kappa shape index (κ3) is 2.29. The van der Waals surface area contributed by atoms with Gasteiger partial charge in [0.05, 0.1) is 12.8 Å². The average molecular weight is 306 g/mol. The third-order valence-electron chi connectivity index (χ3n) is 4.74. The lowest BCUT2D eigenvalue weighted by molar-refractivity contribution is -0.146. The highest BCUT2D eigenvalue weighted by Gasteiger charge is 2.52. The van der Waals surface area contributed by atoms with E-state index < -0.39 is 5.54 Å². The van der Waals surface area contributed by atoms with Crippen LogP contribution in [-0.4, -0.2) is 68.5 Å². The first-order valence-electron chi connectivity index (χ1n) is 7.82. The minimum absolute atomic E-state index is 0.0186. The molecule has 2 aliphatic heterocycles. The van der Waals surface area contributed by atoms with E-state index in [0.717, 1.165) is 12.8 Å². The molecule has 2 fully saturated rings. The van der Waals surface area contributed by atoms with Crippen LogP contribution in [0, 0.1) is 6.92 Å². The molecule has 1 aromatic heterocycles. The van der Waals surface area contributed by atoms with E-state index in [2.05, 4.69) is 9.97 Å². The van der Waals surface area contributed by atoms with Crippen molar-refractivity contribution >= 4 is 11.8 Å². The Morgan fingerprint density at radius 2 is 2.14 bits per heavy atom. The number of aliphatic hydroxyl groups is 1. The molecule has 2 amide bonds. The number of aromatic nitrogens is 2. The number of carbonyl (C=O) groups excluding carboxylic acids is 2. The summed E-state index contributed by atoms with van der Waals surface area (Å²) < 4.78 is 0. The van der Waals surface area contributed by atoms with Gasteiger partial charge in [0, 0.05) is 19.6 Å². The minimum Gasteiger partial charge on any atom is -0.395 e. The number of nitrogens with one attached hydrogen (secondary N) is 1. The van der Waals surface area contributed by atoms with Crippen molar-refractivity contribution in [3.63, 3.8) is 0 Å². The molecule has 2 aliphatic rings. The fourth-order valence-electron chi connectivity index (χ4n) is 3.73. The lowest BCUT2D eigenvalue weighted by Gasteiger charge is -2.44. The Bertz CT molecular complexity index is 583. The van der Waals surface area contributed by atoms with Crippen molar-refractivity contribution < 1.29 is 14.7 Å². The van der Waals surface area contributed by atoms with Crippen LogP contribution in [0.1, 0.15) is 42.0 Å². The number of nitrogens with zero attached hydrogens (tertiary/aromatic N) is 3. The molecule has 0 saturated carbocycles. The van der Waals surface area contributed by atoms with E-state index in [1.165, 1.54) is 6.20 Å². The van der Waals surface area contributed by atoms with Crippen LogP contribution in [0.5, 0.6) is 0 Å². The number of β-amino-alcohol motifs (C(OH)–C–C–N with tert-alkyl or cyclic N) is 1. The number of aryl methyl sites for hydroxylation is 1. The molecule has 1 spiro atoms. The van der Waals surface area contributed by atoms with Gasteiger partial charge in [-0.25, -0.2) is 4.98 Å². The maximum absolute atomic E-state index is 12.9. The van der Waals surface area contributed by atoms with Gasteiger partial charge in [-0.2, -0.15) is 0 Å². The van der Waals surface area contributed by atoms with Crippen molar-refractivity contribution in [2.45, 2.75) is 38.1 Å². The van der Waals surface area contributed by atoms with Crippen molar-refractivity contribution in [1.29, 1.82) is 0 Å². The molecule has 1 unspecified atom stereocenters. The molecule has 0 radical (unpaired) electrons. The number of hydrogen-bond donors (Lipinski definition) is 2. The first-order chi connectivity index (χ1) is 10.6. The van der Waals surface area contributed by atoms with Crippen molar-refractivity contribution in [3.05, 3.63) is 17.7 Å². The normalized spacial score (nSPS) is 25.3. The Balaban J connectivity index is 1.88. The molecule has 2 saturated heterocycles. The maximum Gasteiger partial charge on any atom is 0.272 e. The molecule has 0 aromatic carbocycles. The second kappa shape index (κ2) is 5.72. The molecule has 7 heteroatoms. The van der Waals surface area contributed by atoms with Crippen molar-refractivity contribution in [2.24, 2.45) is 0 Å². The average Bonchev–Trinajstić information content (AvgIpc) is 3.11. The molecular formula is C15H22N4O3. The fraction of sp³-hybridized carbons (Fsp3) is 0.667. The first kappa shape index (κ1) is 15.0. The van der Waals surface area contributed by atoms with Crippen LogP contribution in [0.15, 0.2) is 6.20 Å². The Labute approximate surface area is 129 Å². The van der Waals surface area contributed by atoms with Gasteiger partial charge in [-0.15, -0.1) is 0 Å². The summed E-state index contributed by atoms with van der Waals surface area (Å²) in [7, 11) is 0. The number of aliphatic hydroxyl groups excluding tert-OH is 1. The summed E-state index contributed by atoms with van der Waals surface area (Å²) in [5.74, 6) is 0.515. The van der Waals surface area contributed by atoms with Crippen LogP contribution in [-0.2, 0) is 4.79 Å². The summed E-state index contributed by atoms with van der Waals surface area (Å²) in [4.78, 5) is 36.1. The Hall–Kier alpha value is -1.89. The Morgan fingerprint density at radius 3 is 2.77 bits per heavy atom. The molecule has 22 heavy (non-hydrogen) atoms. The standard InChI is InChI=1S/C15H22N4O3/c1-11-16-10-12(17-11)13(21)19-7-3-5-15(19)4-2-6-18(8-9-20)14(15)22/h10,20H,2-9H2,1H3,(H,16,17). The number of carbonyl (C=O) groups is 2. The zero-order valence-electron chi connectivity index (χ0n) is 12.8. The molecule has 2 N–H and O–H groups in total. The SMILES string of the molecule is Cc1ncc(C(=O)N2CCCC23CCCN(CCO)C3=O)[nH]1.